The van der Waals surface area contributed by atoms with Gasteiger partial charge in [-0.3, -0.25) is 9.58 Å². The number of nitrogens with two attached hydrogens (primary N) is 1. The Morgan fingerprint density at radius 3 is 2.69 bits per heavy atom. The topological polar surface area (TPSA) is 47.1 Å². The lowest BCUT2D eigenvalue weighted by Gasteiger charge is -2.29. The number of piperidine rings is 1. The van der Waals surface area contributed by atoms with Gasteiger partial charge in [0.2, 0.25) is 0 Å². The van der Waals surface area contributed by atoms with E-state index >= 15 is 0 Å². The van der Waals surface area contributed by atoms with Crippen molar-refractivity contribution in [1.29, 1.82) is 0 Å². The summed E-state index contributed by atoms with van der Waals surface area (Å²) >= 11 is 0. The fraction of sp³-hybridized carbons (Fsp3) is 0.727. The fourth-order valence-electron chi connectivity index (χ4n) is 2.03. The molecule has 0 aliphatic carbocycles. The Balaban J connectivity index is 0.00000128. The third-order valence-corrected chi connectivity index (χ3v) is 3.05. The first-order valence-corrected chi connectivity index (χ1v) is 5.77. The van der Waals surface area contributed by atoms with Crippen LogP contribution in [0.5, 0.6) is 0 Å². The number of likely N-dealkylation sites (tertiary alicyclic amines) is 1. The Hall–Kier alpha value is -0.580. The van der Waals surface area contributed by atoms with E-state index in [0.717, 1.165) is 39.0 Å². The average molecular weight is 245 g/mol. The number of rotatable bonds is 3. The molecule has 5 heteroatoms. The molecule has 1 aliphatic heterocycles. The van der Waals surface area contributed by atoms with Crippen molar-refractivity contribution in [3.8, 4) is 0 Å². The van der Waals surface area contributed by atoms with Crippen LogP contribution in [-0.4, -0.2) is 33.8 Å². The quantitative estimate of drug-likeness (QED) is 0.871. The van der Waals surface area contributed by atoms with E-state index in [4.69, 9.17) is 5.73 Å². The summed E-state index contributed by atoms with van der Waals surface area (Å²) < 4.78 is 1.98. The van der Waals surface area contributed by atoms with E-state index < -0.39 is 0 Å². The molecule has 1 aromatic heterocycles. The predicted octanol–water partition coefficient (Wildman–Crippen LogP) is 1.25. The van der Waals surface area contributed by atoms with E-state index in [2.05, 4.69) is 23.1 Å². The summed E-state index contributed by atoms with van der Waals surface area (Å²) in [5.74, 6) is 0. The summed E-state index contributed by atoms with van der Waals surface area (Å²) in [4.78, 5) is 2.46. The Bertz CT molecular complexity index is 305. The standard InChI is InChI=1S/C11H20N4.ClH/c1-2-15-9-10(7-13-15)8-14-5-3-11(12)4-6-14;/h7,9,11H,2-6,8,12H2,1H3;1H. The van der Waals surface area contributed by atoms with Gasteiger partial charge in [0, 0.05) is 30.9 Å². The fourth-order valence-corrected chi connectivity index (χ4v) is 2.03. The number of halogens is 1. The number of hydrogen-bond donors (Lipinski definition) is 1. The van der Waals surface area contributed by atoms with Crippen LogP contribution < -0.4 is 5.73 Å². The van der Waals surface area contributed by atoms with Gasteiger partial charge in [0.25, 0.3) is 0 Å². The molecule has 0 saturated carbocycles. The maximum atomic E-state index is 5.87. The third-order valence-electron chi connectivity index (χ3n) is 3.05. The molecule has 0 spiro atoms. The van der Waals surface area contributed by atoms with Crippen LogP contribution in [0.1, 0.15) is 25.3 Å². The molecule has 1 fully saturated rings. The summed E-state index contributed by atoms with van der Waals surface area (Å²) in [7, 11) is 0. The second-order valence-electron chi connectivity index (χ2n) is 4.32. The first kappa shape index (κ1) is 13.5. The second kappa shape index (κ2) is 6.23. The van der Waals surface area contributed by atoms with Gasteiger partial charge < -0.3 is 5.73 Å². The summed E-state index contributed by atoms with van der Waals surface area (Å²) in [6.07, 6.45) is 6.36. The first-order valence-electron chi connectivity index (χ1n) is 5.77. The zero-order valence-electron chi connectivity index (χ0n) is 9.80. The van der Waals surface area contributed by atoms with Gasteiger partial charge in [-0.2, -0.15) is 5.10 Å². The molecule has 0 bridgehead atoms. The SMILES string of the molecule is CCn1cc(CN2CCC(N)CC2)cn1.Cl. The van der Waals surface area contributed by atoms with Crippen LogP contribution in [0.3, 0.4) is 0 Å². The van der Waals surface area contributed by atoms with Gasteiger partial charge in [-0.1, -0.05) is 0 Å². The van der Waals surface area contributed by atoms with Crippen LogP contribution >= 0.6 is 12.4 Å². The number of aromatic nitrogens is 2. The lowest BCUT2D eigenvalue weighted by molar-refractivity contribution is 0.205. The van der Waals surface area contributed by atoms with E-state index in [0.29, 0.717) is 6.04 Å². The minimum absolute atomic E-state index is 0. The number of nitrogens with zero attached hydrogens (tertiary/aromatic N) is 3. The Kier molecular flexibility index (Phi) is 5.25. The lowest BCUT2D eigenvalue weighted by atomic mass is 10.1. The molecule has 1 aliphatic rings. The molecular weight excluding hydrogens is 224 g/mol. The van der Waals surface area contributed by atoms with E-state index in [9.17, 15) is 0 Å². The molecule has 0 unspecified atom stereocenters. The van der Waals surface area contributed by atoms with Gasteiger partial charge in [0.1, 0.15) is 0 Å². The minimum Gasteiger partial charge on any atom is -0.328 e. The summed E-state index contributed by atoms with van der Waals surface area (Å²) in [5, 5.41) is 4.28. The minimum atomic E-state index is 0. The molecule has 92 valence electrons. The van der Waals surface area contributed by atoms with Crippen molar-refractivity contribution in [2.45, 2.75) is 38.9 Å². The van der Waals surface area contributed by atoms with Gasteiger partial charge in [-0.15, -0.1) is 12.4 Å². The van der Waals surface area contributed by atoms with E-state index in [1.54, 1.807) is 0 Å². The van der Waals surface area contributed by atoms with Crippen molar-refractivity contribution in [3.63, 3.8) is 0 Å². The van der Waals surface area contributed by atoms with E-state index in [-0.39, 0.29) is 12.4 Å². The lowest BCUT2D eigenvalue weighted by Crippen LogP contribution is -2.39. The maximum absolute atomic E-state index is 5.87. The molecular formula is C11H21ClN4. The number of hydrogen-bond acceptors (Lipinski definition) is 3. The monoisotopic (exact) mass is 244 g/mol. The zero-order chi connectivity index (χ0) is 10.7. The van der Waals surface area contributed by atoms with Gasteiger partial charge in [0.15, 0.2) is 0 Å². The van der Waals surface area contributed by atoms with E-state index in [1.807, 2.05) is 10.9 Å². The highest BCUT2D eigenvalue weighted by Crippen LogP contribution is 2.11. The first-order chi connectivity index (χ1) is 7.28. The molecule has 0 aromatic carbocycles. The molecule has 1 aromatic rings. The molecule has 0 radical (unpaired) electrons. The van der Waals surface area contributed by atoms with Gasteiger partial charge in [0.05, 0.1) is 6.20 Å². The van der Waals surface area contributed by atoms with Crippen molar-refractivity contribution in [2.75, 3.05) is 13.1 Å². The Morgan fingerprint density at radius 1 is 1.44 bits per heavy atom. The van der Waals surface area contributed by atoms with Crippen molar-refractivity contribution in [2.24, 2.45) is 5.73 Å². The molecule has 16 heavy (non-hydrogen) atoms. The largest absolute Gasteiger partial charge is 0.328 e. The van der Waals surface area contributed by atoms with Crippen molar-refractivity contribution in [1.82, 2.24) is 14.7 Å². The highest BCUT2D eigenvalue weighted by atomic mass is 35.5. The smallest absolute Gasteiger partial charge is 0.0534 e. The van der Waals surface area contributed by atoms with Gasteiger partial charge in [-0.25, -0.2) is 0 Å². The molecule has 2 heterocycles. The van der Waals surface area contributed by atoms with Crippen LogP contribution in [0.2, 0.25) is 0 Å². The third kappa shape index (κ3) is 3.47. The molecule has 4 nitrogen and oxygen atoms in total. The van der Waals surface area contributed by atoms with Crippen LogP contribution in [0.25, 0.3) is 0 Å². The highest BCUT2D eigenvalue weighted by Gasteiger charge is 2.16. The summed E-state index contributed by atoms with van der Waals surface area (Å²) in [6, 6.07) is 0.416. The van der Waals surface area contributed by atoms with Crippen LogP contribution in [0.4, 0.5) is 0 Å². The summed E-state index contributed by atoms with van der Waals surface area (Å²) in [5.41, 5.74) is 7.19. The number of aryl methyl sites for hydroxylation is 1. The molecule has 2 rings (SSSR count). The molecule has 1 saturated heterocycles. The van der Waals surface area contributed by atoms with Crippen molar-refractivity contribution >= 4 is 12.4 Å². The summed E-state index contributed by atoms with van der Waals surface area (Å²) in [6.45, 7) is 6.32. The predicted molar refractivity (Wildman–Crippen MR) is 67.6 cm³/mol. The Labute approximate surface area is 103 Å². The van der Waals surface area contributed by atoms with Crippen LogP contribution in [-0.2, 0) is 13.1 Å². The van der Waals surface area contributed by atoms with Crippen molar-refractivity contribution < 1.29 is 0 Å². The second-order valence-corrected chi connectivity index (χ2v) is 4.32. The van der Waals surface area contributed by atoms with E-state index in [1.165, 1.54) is 5.56 Å². The molecule has 0 amide bonds. The molecule has 0 atom stereocenters. The van der Waals surface area contributed by atoms with Crippen molar-refractivity contribution in [3.05, 3.63) is 18.0 Å². The van der Waals surface area contributed by atoms with Crippen LogP contribution in [0.15, 0.2) is 12.4 Å². The average Bonchev–Trinajstić information content (AvgIpc) is 2.69. The van der Waals surface area contributed by atoms with Crippen LogP contribution in [0, 0.1) is 0 Å². The Morgan fingerprint density at radius 2 is 2.12 bits per heavy atom. The molecule has 2 N–H and O–H groups in total. The van der Waals surface area contributed by atoms with Gasteiger partial charge in [-0.05, 0) is 32.9 Å². The highest BCUT2D eigenvalue weighted by molar-refractivity contribution is 5.85. The normalized spacial score (nSPS) is 18.4. The zero-order valence-corrected chi connectivity index (χ0v) is 10.6. The maximum Gasteiger partial charge on any atom is 0.0534 e. The van der Waals surface area contributed by atoms with Gasteiger partial charge >= 0.3 is 0 Å².